The van der Waals surface area contributed by atoms with E-state index in [0.29, 0.717) is 16.6 Å². The van der Waals surface area contributed by atoms with Crippen molar-refractivity contribution >= 4 is 39.1 Å². The lowest BCUT2D eigenvalue weighted by Gasteiger charge is -2.33. The van der Waals surface area contributed by atoms with Crippen LogP contribution in [0.25, 0.3) is 15.9 Å². The van der Waals surface area contributed by atoms with Gasteiger partial charge in [0.1, 0.15) is 4.83 Å². The number of para-hydroxylation sites is 1. The molecular formula is C28H28N2O2S2. The molecule has 0 fully saturated rings. The molecule has 0 aliphatic heterocycles. The van der Waals surface area contributed by atoms with E-state index in [1.165, 1.54) is 22.2 Å². The third kappa shape index (κ3) is 4.37. The van der Waals surface area contributed by atoms with E-state index in [1.807, 2.05) is 60.7 Å². The van der Waals surface area contributed by atoms with Crippen molar-refractivity contribution in [2.24, 2.45) is 11.3 Å². The van der Waals surface area contributed by atoms with Crippen LogP contribution in [0.15, 0.2) is 70.6 Å². The van der Waals surface area contributed by atoms with Crippen LogP contribution in [-0.2, 0) is 12.8 Å². The number of fused-ring (bicyclic) bond motifs is 3. The molecule has 0 saturated carbocycles. The molecule has 5 rings (SSSR count). The summed E-state index contributed by atoms with van der Waals surface area (Å²) in [6.07, 6.45) is 3.01. The fourth-order valence-corrected chi connectivity index (χ4v) is 6.93. The number of thioether (sulfide) groups is 1. The summed E-state index contributed by atoms with van der Waals surface area (Å²) in [5.41, 5.74) is 2.84. The SMILES string of the molecule is CC(C)(C)[C@@H]1CCc2c(sc3nc(SCC(=O)c4ccccc4)n(-c4ccccc4)c(=O)c23)C1. The van der Waals surface area contributed by atoms with Gasteiger partial charge < -0.3 is 0 Å². The van der Waals surface area contributed by atoms with Crippen LogP contribution in [0.5, 0.6) is 0 Å². The molecule has 34 heavy (non-hydrogen) atoms. The molecule has 0 amide bonds. The van der Waals surface area contributed by atoms with Crippen molar-refractivity contribution in [3.8, 4) is 5.69 Å². The number of carbonyl (C=O) groups excluding carboxylic acids is 1. The molecule has 0 saturated heterocycles. The van der Waals surface area contributed by atoms with Gasteiger partial charge in [0.25, 0.3) is 5.56 Å². The maximum atomic E-state index is 13.9. The first-order chi connectivity index (χ1) is 16.3. The molecule has 0 N–H and O–H groups in total. The highest BCUT2D eigenvalue weighted by molar-refractivity contribution is 7.99. The molecule has 2 aromatic carbocycles. The number of carbonyl (C=O) groups is 1. The summed E-state index contributed by atoms with van der Waals surface area (Å²) in [6, 6.07) is 18.9. The van der Waals surface area contributed by atoms with Crippen molar-refractivity contribution in [1.29, 1.82) is 0 Å². The minimum atomic E-state index is -0.0300. The zero-order valence-electron chi connectivity index (χ0n) is 19.7. The van der Waals surface area contributed by atoms with Crippen molar-refractivity contribution in [3.63, 3.8) is 0 Å². The summed E-state index contributed by atoms with van der Waals surface area (Å²) in [6.45, 7) is 6.90. The number of aryl methyl sites for hydroxylation is 1. The zero-order chi connectivity index (χ0) is 23.9. The second-order valence-corrected chi connectivity index (χ2v) is 12.0. The highest BCUT2D eigenvalue weighted by Gasteiger charge is 2.32. The molecule has 0 bridgehead atoms. The summed E-state index contributed by atoms with van der Waals surface area (Å²) in [7, 11) is 0. The summed E-state index contributed by atoms with van der Waals surface area (Å²) in [4.78, 5) is 33.7. The van der Waals surface area contributed by atoms with Gasteiger partial charge in [-0.2, -0.15) is 0 Å². The van der Waals surface area contributed by atoms with Crippen LogP contribution in [0, 0.1) is 11.3 Å². The Balaban J connectivity index is 1.59. The number of hydrogen-bond acceptors (Lipinski definition) is 5. The number of hydrogen-bond donors (Lipinski definition) is 0. The fourth-order valence-electron chi connectivity index (χ4n) is 4.68. The molecule has 4 nitrogen and oxygen atoms in total. The van der Waals surface area contributed by atoms with Gasteiger partial charge in [0, 0.05) is 10.4 Å². The minimum Gasteiger partial charge on any atom is -0.293 e. The van der Waals surface area contributed by atoms with E-state index in [-0.39, 0.29) is 22.5 Å². The number of benzene rings is 2. The van der Waals surface area contributed by atoms with Gasteiger partial charge in [-0.1, -0.05) is 81.1 Å². The van der Waals surface area contributed by atoms with Gasteiger partial charge in [-0.3, -0.25) is 14.2 Å². The van der Waals surface area contributed by atoms with Gasteiger partial charge in [0.15, 0.2) is 10.9 Å². The fraction of sp³-hybridized carbons (Fsp3) is 0.321. The Labute approximate surface area is 208 Å². The number of aromatic nitrogens is 2. The Bertz CT molecular complexity index is 1400. The van der Waals surface area contributed by atoms with Gasteiger partial charge in [0.2, 0.25) is 0 Å². The van der Waals surface area contributed by atoms with Crippen LogP contribution in [-0.4, -0.2) is 21.1 Å². The minimum absolute atomic E-state index is 0.0260. The number of Topliss-reactive ketones (excluding diaryl/α,β-unsaturated/α-hetero) is 1. The van der Waals surface area contributed by atoms with E-state index in [2.05, 4.69) is 20.8 Å². The van der Waals surface area contributed by atoms with Crippen LogP contribution in [0.1, 0.15) is 48.0 Å². The van der Waals surface area contributed by atoms with Crippen LogP contribution in [0.2, 0.25) is 0 Å². The van der Waals surface area contributed by atoms with Crippen molar-refractivity contribution in [1.82, 2.24) is 9.55 Å². The number of nitrogens with zero attached hydrogens (tertiary/aromatic N) is 2. The van der Waals surface area contributed by atoms with Crippen molar-refractivity contribution in [3.05, 3.63) is 87.0 Å². The quantitative estimate of drug-likeness (QED) is 0.181. The molecule has 0 radical (unpaired) electrons. The second kappa shape index (κ2) is 9.16. The van der Waals surface area contributed by atoms with Gasteiger partial charge in [-0.05, 0) is 48.3 Å². The van der Waals surface area contributed by atoms with E-state index in [4.69, 9.17) is 4.98 Å². The first-order valence-corrected chi connectivity index (χ1v) is 13.5. The second-order valence-electron chi connectivity index (χ2n) is 9.94. The Morgan fingerprint density at radius 1 is 1.09 bits per heavy atom. The molecule has 6 heteroatoms. The maximum absolute atomic E-state index is 13.9. The standard InChI is InChI=1S/C28H28N2O2S2/c1-28(2,3)19-14-15-21-23(16-19)34-25-24(21)26(32)30(20-12-8-5-9-13-20)27(29-25)33-17-22(31)18-10-6-4-7-11-18/h4-13,19H,14-17H2,1-3H3/t19-/m1/s1. The lowest BCUT2D eigenvalue weighted by atomic mass is 9.72. The molecule has 0 spiro atoms. The Morgan fingerprint density at radius 3 is 2.44 bits per heavy atom. The summed E-state index contributed by atoms with van der Waals surface area (Å²) < 4.78 is 1.69. The first-order valence-electron chi connectivity index (χ1n) is 11.7. The Hall–Kier alpha value is -2.70. The Morgan fingerprint density at radius 2 is 1.76 bits per heavy atom. The highest BCUT2D eigenvalue weighted by atomic mass is 32.2. The third-order valence-electron chi connectivity index (χ3n) is 6.72. The van der Waals surface area contributed by atoms with Gasteiger partial charge in [-0.25, -0.2) is 4.98 Å². The van der Waals surface area contributed by atoms with E-state index in [9.17, 15) is 9.59 Å². The zero-order valence-corrected chi connectivity index (χ0v) is 21.3. The summed E-state index contributed by atoms with van der Waals surface area (Å²) in [5, 5.41) is 1.33. The van der Waals surface area contributed by atoms with Crippen LogP contribution >= 0.6 is 23.1 Å². The van der Waals surface area contributed by atoms with Gasteiger partial charge in [0.05, 0.1) is 16.8 Å². The first kappa shape index (κ1) is 23.1. The lowest BCUT2D eigenvalue weighted by molar-refractivity contribution is 0.102. The average molecular weight is 489 g/mol. The molecule has 4 aromatic rings. The van der Waals surface area contributed by atoms with E-state index >= 15 is 0 Å². The Kier molecular flexibility index (Phi) is 6.21. The topological polar surface area (TPSA) is 52.0 Å². The lowest BCUT2D eigenvalue weighted by Crippen LogP contribution is -2.27. The van der Waals surface area contributed by atoms with Crippen molar-refractivity contribution < 1.29 is 4.79 Å². The molecular weight excluding hydrogens is 460 g/mol. The van der Waals surface area contributed by atoms with Crippen LogP contribution in [0.3, 0.4) is 0 Å². The van der Waals surface area contributed by atoms with Crippen molar-refractivity contribution in [2.45, 2.75) is 45.2 Å². The third-order valence-corrected chi connectivity index (χ3v) is 8.81. The normalized spacial score (nSPS) is 15.9. The average Bonchev–Trinajstić information content (AvgIpc) is 3.21. The van der Waals surface area contributed by atoms with E-state index < -0.39 is 0 Å². The number of thiophene rings is 1. The molecule has 0 unspecified atom stereocenters. The smallest absolute Gasteiger partial charge is 0.267 e. The summed E-state index contributed by atoms with van der Waals surface area (Å²) in [5.74, 6) is 0.853. The number of rotatable bonds is 5. The maximum Gasteiger partial charge on any atom is 0.267 e. The molecule has 174 valence electrons. The molecule has 2 heterocycles. The van der Waals surface area contributed by atoms with Crippen LogP contribution in [0.4, 0.5) is 0 Å². The van der Waals surface area contributed by atoms with Crippen LogP contribution < -0.4 is 5.56 Å². The number of ketones is 1. The largest absolute Gasteiger partial charge is 0.293 e. The predicted molar refractivity (Wildman–Crippen MR) is 142 cm³/mol. The predicted octanol–water partition coefficient (Wildman–Crippen LogP) is 6.57. The van der Waals surface area contributed by atoms with Gasteiger partial charge >= 0.3 is 0 Å². The molecule has 1 aliphatic rings. The monoisotopic (exact) mass is 488 g/mol. The molecule has 1 atom stereocenters. The highest BCUT2D eigenvalue weighted by Crippen LogP contribution is 2.42. The van der Waals surface area contributed by atoms with E-state index in [1.54, 1.807) is 15.9 Å². The summed E-state index contributed by atoms with van der Waals surface area (Å²) >= 11 is 2.99. The van der Waals surface area contributed by atoms with Gasteiger partial charge in [-0.15, -0.1) is 11.3 Å². The molecule has 1 aliphatic carbocycles. The molecule has 2 aromatic heterocycles. The van der Waals surface area contributed by atoms with Crippen molar-refractivity contribution in [2.75, 3.05) is 5.75 Å². The van der Waals surface area contributed by atoms with E-state index in [0.717, 1.165) is 35.2 Å².